The van der Waals surface area contributed by atoms with Crippen LogP contribution in [-0.2, 0) is 16.6 Å². The van der Waals surface area contributed by atoms with Crippen LogP contribution in [0.2, 0.25) is 0 Å². The van der Waals surface area contributed by atoms with Crippen molar-refractivity contribution in [2.75, 3.05) is 6.61 Å². The van der Waals surface area contributed by atoms with Gasteiger partial charge in [-0.2, -0.15) is 4.39 Å². The van der Waals surface area contributed by atoms with Crippen LogP contribution in [0.25, 0.3) is 11.0 Å². The number of hydrogen-bond acceptors (Lipinski definition) is 4. The van der Waals surface area contributed by atoms with E-state index in [9.17, 15) is 13.6 Å². The second kappa shape index (κ2) is 7.63. The van der Waals surface area contributed by atoms with Gasteiger partial charge in [-0.1, -0.05) is 0 Å². The Morgan fingerprint density at radius 1 is 1.58 bits per heavy atom. The van der Waals surface area contributed by atoms with Crippen LogP contribution < -0.4 is 0 Å². The molecule has 2 aromatic heterocycles. The summed E-state index contributed by atoms with van der Waals surface area (Å²) < 4.78 is 32.6. The first kappa shape index (κ1) is 16.2. The predicted molar refractivity (Wildman–Crippen MR) is 78.2 cm³/mol. The summed E-state index contributed by atoms with van der Waals surface area (Å²) in [6, 6.07) is 1.59. The molecule has 2 heterocycles. The zero-order valence-electron chi connectivity index (χ0n) is 10.2. The lowest BCUT2D eigenvalue weighted by molar-refractivity contribution is -0.128. The van der Waals surface area contributed by atoms with Crippen molar-refractivity contribution < 1.29 is 18.3 Å². The Hall–Kier alpha value is -0.900. The number of aryl methyl sites for hydroxylation is 1. The molecular formula is C11H11F2IN2O2S. The molecule has 0 saturated carbocycles. The number of halogens is 3. The van der Waals surface area contributed by atoms with Gasteiger partial charge in [-0.25, -0.2) is 9.37 Å². The quantitative estimate of drug-likeness (QED) is 0.450. The first-order valence-electron chi connectivity index (χ1n) is 5.20. The summed E-state index contributed by atoms with van der Waals surface area (Å²) in [6.45, 7) is 2.66. The summed E-state index contributed by atoms with van der Waals surface area (Å²) in [7, 11) is 2.69. The summed E-state index contributed by atoms with van der Waals surface area (Å²) in [5.74, 6) is -1.29. The summed E-state index contributed by atoms with van der Waals surface area (Å²) in [4.78, 5) is 12.8. The monoisotopic (exact) mass is 400 g/mol. The van der Waals surface area contributed by atoms with Crippen LogP contribution in [0.1, 0.15) is 6.92 Å². The third kappa shape index (κ3) is 3.78. The SMILES string of the molecule is CCOC=O.Cn1ccc2c(F)c(SI)c(F)nc21. The van der Waals surface area contributed by atoms with E-state index in [0.29, 0.717) is 24.1 Å². The van der Waals surface area contributed by atoms with E-state index in [-0.39, 0.29) is 4.90 Å². The Bertz CT molecular complexity index is 577. The fourth-order valence-electron chi connectivity index (χ4n) is 1.32. The average Bonchev–Trinajstić information content (AvgIpc) is 2.74. The van der Waals surface area contributed by atoms with E-state index in [1.165, 1.54) is 0 Å². The van der Waals surface area contributed by atoms with E-state index in [1.54, 1.807) is 30.8 Å². The second-order valence-corrected chi connectivity index (χ2v) is 5.22. The number of ether oxygens (including phenoxy) is 1. The number of rotatable bonds is 3. The molecule has 0 spiro atoms. The molecule has 19 heavy (non-hydrogen) atoms. The molecule has 0 radical (unpaired) electrons. The van der Waals surface area contributed by atoms with Crippen LogP contribution in [0.5, 0.6) is 0 Å². The molecule has 0 aliphatic heterocycles. The predicted octanol–water partition coefficient (Wildman–Crippen LogP) is 3.47. The highest BCUT2D eigenvalue weighted by atomic mass is 127. The summed E-state index contributed by atoms with van der Waals surface area (Å²) >= 11 is 1.83. The number of nitrogens with zero attached hydrogens (tertiary/aromatic N) is 2. The molecule has 8 heteroatoms. The summed E-state index contributed by atoms with van der Waals surface area (Å²) in [5, 5.41) is 0.355. The molecule has 0 amide bonds. The first-order valence-corrected chi connectivity index (χ1v) is 8.56. The highest BCUT2D eigenvalue weighted by Crippen LogP contribution is 2.33. The van der Waals surface area contributed by atoms with Gasteiger partial charge in [0.2, 0.25) is 5.95 Å². The molecule has 0 aliphatic carbocycles. The number of carbonyl (C=O) groups excluding carboxylic acids is 1. The number of aromatic nitrogens is 2. The number of pyridine rings is 1. The fraction of sp³-hybridized carbons (Fsp3) is 0.273. The van der Waals surface area contributed by atoms with Crippen molar-refractivity contribution in [1.29, 1.82) is 0 Å². The summed E-state index contributed by atoms with van der Waals surface area (Å²) in [6.07, 6.45) is 1.65. The fourth-order valence-corrected chi connectivity index (χ4v) is 2.73. The van der Waals surface area contributed by atoms with Crippen molar-refractivity contribution in [2.45, 2.75) is 11.8 Å². The van der Waals surface area contributed by atoms with Gasteiger partial charge in [0.05, 0.1) is 12.0 Å². The van der Waals surface area contributed by atoms with E-state index in [1.807, 2.05) is 21.2 Å². The molecule has 0 bridgehead atoms. The van der Waals surface area contributed by atoms with Crippen LogP contribution in [0.3, 0.4) is 0 Å². The van der Waals surface area contributed by atoms with E-state index < -0.39 is 11.8 Å². The van der Waals surface area contributed by atoms with Crippen molar-refractivity contribution in [3.63, 3.8) is 0 Å². The Morgan fingerprint density at radius 3 is 2.74 bits per heavy atom. The molecule has 0 N–H and O–H groups in total. The van der Waals surface area contributed by atoms with E-state index in [0.717, 1.165) is 8.93 Å². The standard InChI is InChI=1S/C8H5F2IN2S.C3H6O2/c1-13-3-2-4-5(9)6(14-11)7(10)12-8(4)13;1-2-5-3-4/h2-3H,1H3;3H,2H2,1H3. The highest BCUT2D eigenvalue weighted by molar-refractivity contribution is 14.2. The van der Waals surface area contributed by atoms with Crippen molar-refractivity contribution >= 4 is 47.6 Å². The van der Waals surface area contributed by atoms with Gasteiger partial charge in [-0.05, 0) is 21.9 Å². The number of hydrogen-bond donors (Lipinski definition) is 0. The van der Waals surface area contributed by atoms with E-state index in [2.05, 4.69) is 9.72 Å². The second-order valence-electron chi connectivity index (χ2n) is 3.34. The first-order chi connectivity index (χ1) is 9.06. The van der Waals surface area contributed by atoms with Gasteiger partial charge in [0.15, 0.2) is 5.82 Å². The highest BCUT2D eigenvalue weighted by Gasteiger charge is 2.16. The van der Waals surface area contributed by atoms with Crippen molar-refractivity contribution in [3.8, 4) is 0 Å². The number of carbonyl (C=O) groups is 1. The third-order valence-corrected chi connectivity index (χ3v) is 4.00. The van der Waals surface area contributed by atoms with Crippen LogP contribution in [-0.4, -0.2) is 22.6 Å². The van der Waals surface area contributed by atoms with Gasteiger partial charge in [0.25, 0.3) is 6.47 Å². The van der Waals surface area contributed by atoms with Crippen molar-refractivity contribution in [2.24, 2.45) is 7.05 Å². The topological polar surface area (TPSA) is 44.1 Å². The maximum Gasteiger partial charge on any atom is 0.293 e. The molecule has 0 aromatic carbocycles. The maximum absolute atomic E-state index is 13.6. The molecule has 0 aliphatic rings. The Kier molecular flexibility index (Phi) is 6.49. The lowest BCUT2D eigenvalue weighted by Crippen LogP contribution is -1.95. The third-order valence-electron chi connectivity index (χ3n) is 2.18. The minimum absolute atomic E-state index is 0.0377. The molecule has 2 aromatic rings. The Morgan fingerprint density at radius 2 is 2.26 bits per heavy atom. The Labute approximate surface area is 125 Å². The zero-order valence-corrected chi connectivity index (χ0v) is 13.2. The van der Waals surface area contributed by atoms with Crippen LogP contribution >= 0.6 is 30.1 Å². The molecule has 0 unspecified atom stereocenters. The molecule has 4 nitrogen and oxygen atoms in total. The lowest BCUT2D eigenvalue weighted by Gasteiger charge is -2.01. The smallest absolute Gasteiger partial charge is 0.293 e. The van der Waals surface area contributed by atoms with E-state index in [4.69, 9.17) is 0 Å². The van der Waals surface area contributed by atoms with Crippen LogP contribution in [0.15, 0.2) is 17.2 Å². The van der Waals surface area contributed by atoms with Gasteiger partial charge in [-0.3, -0.25) is 4.79 Å². The van der Waals surface area contributed by atoms with Gasteiger partial charge in [0.1, 0.15) is 10.5 Å². The van der Waals surface area contributed by atoms with Gasteiger partial charge < -0.3 is 9.30 Å². The zero-order chi connectivity index (χ0) is 14.4. The molecule has 2 rings (SSSR count). The van der Waals surface area contributed by atoms with Crippen molar-refractivity contribution in [3.05, 3.63) is 24.0 Å². The molecule has 0 saturated heterocycles. The summed E-state index contributed by atoms with van der Waals surface area (Å²) in [5.41, 5.74) is 0.328. The van der Waals surface area contributed by atoms with Gasteiger partial charge in [0, 0.05) is 34.5 Å². The average molecular weight is 400 g/mol. The van der Waals surface area contributed by atoms with Crippen LogP contribution in [0.4, 0.5) is 8.78 Å². The largest absolute Gasteiger partial charge is 0.468 e. The normalized spacial score (nSPS) is 9.95. The van der Waals surface area contributed by atoms with Crippen molar-refractivity contribution in [1.82, 2.24) is 9.55 Å². The van der Waals surface area contributed by atoms with Gasteiger partial charge >= 0.3 is 0 Å². The lowest BCUT2D eigenvalue weighted by atomic mass is 10.3. The van der Waals surface area contributed by atoms with E-state index >= 15 is 0 Å². The van der Waals surface area contributed by atoms with Crippen LogP contribution in [0, 0.1) is 11.8 Å². The minimum atomic E-state index is -0.754. The molecular weight excluding hydrogens is 389 g/mol. The molecule has 0 atom stereocenters. The number of fused-ring (bicyclic) bond motifs is 1. The maximum atomic E-state index is 13.6. The Balaban J connectivity index is 0.000000312. The minimum Gasteiger partial charge on any atom is -0.468 e. The molecule has 104 valence electrons. The molecule has 0 fully saturated rings. The van der Waals surface area contributed by atoms with Gasteiger partial charge in [-0.15, -0.1) is 0 Å².